The number of ether oxygens (including phenoxy) is 1. The van der Waals surface area contributed by atoms with E-state index in [0.717, 1.165) is 11.3 Å². The Bertz CT molecular complexity index is 655. The number of benzene rings is 1. The third-order valence-corrected chi connectivity index (χ3v) is 4.23. The van der Waals surface area contributed by atoms with E-state index in [1.54, 1.807) is 7.11 Å². The van der Waals surface area contributed by atoms with Crippen LogP contribution in [-0.4, -0.2) is 35.0 Å². The first-order chi connectivity index (χ1) is 11.5. The second-order valence-corrected chi connectivity index (χ2v) is 7.18. The van der Waals surface area contributed by atoms with E-state index in [2.05, 4.69) is 29.4 Å². The summed E-state index contributed by atoms with van der Waals surface area (Å²) in [5, 5.41) is 11.1. The smallest absolute Gasteiger partial charge is 0.277 e. The van der Waals surface area contributed by atoms with Crippen LogP contribution >= 0.6 is 11.8 Å². The van der Waals surface area contributed by atoms with E-state index in [-0.39, 0.29) is 11.2 Å². The number of nitrogens with zero attached hydrogens (tertiary/aromatic N) is 2. The van der Waals surface area contributed by atoms with Gasteiger partial charge in [0.25, 0.3) is 5.22 Å². The van der Waals surface area contributed by atoms with Gasteiger partial charge in [-0.2, -0.15) is 0 Å². The molecular weight excluding hydrogens is 326 g/mol. The van der Waals surface area contributed by atoms with Crippen molar-refractivity contribution in [2.75, 3.05) is 13.7 Å². The first-order valence-electron chi connectivity index (χ1n) is 7.87. The van der Waals surface area contributed by atoms with Crippen molar-refractivity contribution in [3.8, 4) is 5.75 Å². The number of carbonyl (C=O) groups is 1. The second-order valence-electron chi connectivity index (χ2n) is 5.89. The van der Waals surface area contributed by atoms with Crippen molar-refractivity contribution in [1.29, 1.82) is 0 Å². The average molecular weight is 349 g/mol. The quantitative estimate of drug-likeness (QED) is 0.739. The normalized spacial score (nSPS) is 12.2. The maximum Gasteiger partial charge on any atom is 0.277 e. The molecule has 1 aromatic heterocycles. The van der Waals surface area contributed by atoms with Crippen molar-refractivity contribution in [3.05, 3.63) is 35.7 Å². The number of nitrogens with one attached hydrogen (secondary N) is 1. The van der Waals surface area contributed by atoms with Gasteiger partial charge in [-0.25, -0.2) is 0 Å². The summed E-state index contributed by atoms with van der Waals surface area (Å²) < 4.78 is 10.8. The number of rotatable bonds is 8. The molecule has 1 amide bonds. The molecule has 2 aromatic rings. The summed E-state index contributed by atoms with van der Waals surface area (Å²) >= 11 is 1.27. The van der Waals surface area contributed by atoms with Gasteiger partial charge in [0.15, 0.2) is 0 Å². The fourth-order valence-corrected chi connectivity index (χ4v) is 2.65. The minimum Gasteiger partial charge on any atom is -0.497 e. The molecule has 0 radical (unpaired) electrons. The number of methoxy groups -OCH3 is 1. The van der Waals surface area contributed by atoms with Gasteiger partial charge in [-0.05, 0) is 30.5 Å². The third kappa shape index (κ3) is 5.56. The summed E-state index contributed by atoms with van der Waals surface area (Å²) in [4.78, 5) is 12.0. The van der Waals surface area contributed by atoms with Gasteiger partial charge in [-0.1, -0.05) is 37.7 Å². The maximum absolute atomic E-state index is 12.0. The lowest BCUT2D eigenvalue weighted by molar-refractivity contribution is -0.120. The van der Waals surface area contributed by atoms with Crippen LogP contribution in [0.1, 0.15) is 32.2 Å². The average Bonchev–Trinajstić information content (AvgIpc) is 3.00. The molecule has 0 spiro atoms. The molecule has 0 aliphatic rings. The Kier molecular flexibility index (Phi) is 6.66. The largest absolute Gasteiger partial charge is 0.497 e. The molecule has 0 fully saturated rings. The van der Waals surface area contributed by atoms with Crippen LogP contribution in [-0.2, 0) is 11.2 Å². The van der Waals surface area contributed by atoms with Crippen LogP contribution in [0, 0.1) is 5.92 Å². The highest BCUT2D eigenvalue weighted by atomic mass is 32.2. The SMILES string of the molecule is COc1ccc(Cc2nnc(SC(C)C(=O)NCC(C)C)o2)cc1. The highest BCUT2D eigenvalue weighted by Gasteiger charge is 2.18. The first-order valence-corrected chi connectivity index (χ1v) is 8.75. The number of carbonyl (C=O) groups excluding carboxylic acids is 1. The van der Waals surface area contributed by atoms with E-state index in [9.17, 15) is 4.79 Å². The molecule has 1 atom stereocenters. The van der Waals surface area contributed by atoms with Crippen molar-refractivity contribution in [1.82, 2.24) is 15.5 Å². The van der Waals surface area contributed by atoms with Crippen molar-refractivity contribution in [2.45, 2.75) is 37.7 Å². The Labute approximate surface area is 146 Å². The molecule has 24 heavy (non-hydrogen) atoms. The zero-order chi connectivity index (χ0) is 17.5. The molecule has 1 N–H and O–H groups in total. The molecule has 1 heterocycles. The van der Waals surface area contributed by atoms with Crippen LogP contribution in [0.3, 0.4) is 0 Å². The molecule has 0 aliphatic heterocycles. The molecular formula is C17H23N3O3S. The van der Waals surface area contributed by atoms with Gasteiger partial charge in [-0.15, -0.1) is 10.2 Å². The second kappa shape index (κ2) is 8.73. The topological polar surface area (TPSA) is 77.2 Å². The van der Waals surface area contributed by atoms with E-state index in [1.807, 2.05) is 31.2 Å². The van der Waals surface area contributed by atoms with Gasteiger partial charge in [-0.3, -0.25) is 4.79 Å². The van der Waals surface area contributed by atoms with Gasteiger partial charge in [0.1, 0.15) is 5.75 Å². The van der Waals surface area contributed by atoms with E-state index in [4.69, 9.17) is 9.15 Å². The predicted molar refractivity (Wildman–Crippen MR) is 93.3 cm³/mol. The number of amides is 1. The minimum atomic E-state index is -0.280. The molecule has 0 saturated heterocycles. The van der Waals surface area contributed by atoms with Gasteiger partial charge in [0.05, 0.1) is 18.8 Å². The fourth-order valence-electron chi connectivity index (χ4n) is 1.93. The van der Waals surface area contributed by atoms with Crippen LogP contribution in [0.2, 0.25) is 0 Å². The van der Waals surface area contributed by atoms with Crippen molar-refractivity contribution in [2.24, 2.45) is 5.92 Å². The molecule has 0 saturated carbocycles. The zero-order valence-electron chi connectivity index (χ0n) is 14.4. The predicted octanol–water partition coefficient (Wildman–Crippen LogP) is 2.92. The number of hydrogen-bond donors (Lipinski definition) is 1. The Morgan fingerprint density at radius 1 is 1.25 bits per heavy atom. The summed E-state index contributed by atoms with van der Waals surface area (Å²) in [5.74, 6) is 1.73. The summed E-state index contributed by atoms with van der Waals surface area (Å²) in [6.07, 6.45) is 0.547. The van der Waals surface area contributed by atoms with Crippen molar-refractivity contribution < 1.29 is 13.9 Å². The van der Waals surface area contributed by atoms with E-state index in [1.165, 1.54) is 11.8 Å². The van der Waals surface area contributed by atoms with Crippen molar-refractivity contribution >= 4 is 17.7 Å². The standard InChI is InChI=1S/C17H23N3O3S/c1-11(2)10-18-16(21)12(3)24-17-20-19-15(23-17)9-13-5-7-14(22-4)8-6-13/h5-8,11-12H,9-10H2,1-4H3,(H,18,21). The summed E-state index contributed by atoms with van der Waals surface area (Å²) in [6, 6.07) is 7.70. The van der Waals surface area contributed by atoms with Crippen LogP contribution in [0.15, 0.2) is 33.9 Å². The monoisotopic (exact) mass is 349 g/mol. The fraction of sp³-hybridized carbons (Fsp3) is 0.471. The number of aromatic nitrogens is 2. The number of thioether (sulfide) groups is 1. The third-order valence-electron chi connectivity index (χ3n) is 3.29. The van der Waals surface area contributed by atoms with Crippen LogP contribution in [0.5, 0.6) is 5.75 Å². The Balaban J connectivity index is 1.88. The molecule has 7 heteroatoms. The Hall–Kier alpha value is -2.02. The van der Waals surface area contributed by atoms with Gasteiger partial charge in [0.2, 0.25) is 11.8 Å². The van der Waals surface area contributed by atoms with Gasteiger partial charge < -0.3 is 14.5 Å². The molecule has 1 aromatic carbocycles. The lowest BCUT2D eigenvalue weighted by atomic mass is 10.1. The maximum atomic E-state index is 12.0. The van der Waals surface area contributed by atoms with Crippen LogP contribution < -0.4 is 10.1 Å². The van der Waals surface area contributed by atoms with E-state index >= 15 is 0 Å². The molecule has 2 rings (SSSR count). The molecule has 0 aliphatic carbocycles. The Morgan fingerprint density at radius 3 is 2.58 bits per heavy atom. The molecule has 130 valence electrons. The van der Waals surface area contributed by atoms with Crippen LogP contribution in [0.4, 0.5) is 0 Å². The molecule has 1 unspecified atom stereocenters. The lowest BCUT2D eigenvalue weighted by Crippen LogP contribution is -2.33. The van der Waals surface area contributed by atoms with Gasteiger partial charge >= 0.3 is 0 Å². The first kappa shape index (κ1) is 18.3. The molecule has 6 nitrogen and oxygen atoms in total. The summed E-state index contributed by atoms with van der Waals surface area (Å²) in [5.41, 5.74) is 1.05. The van der Waals surface area contributed by atoms with E-state index in [0.29, 0.717) is 30.0 Å². The highest BCUT2D eigenvalue weighted by Crippen LogP contribution is 2.23. The summed E-state index contributed by atoms with van der Waals surface area (Å²) in [6.45, 7) is 6.60. The zero-order valence-corrected chi connectivity index (χ0v) is 15.2. The van der Waals surface area contributed by atoms with Crippen molar-refractivity contribution in [3.63, 3.8) is 0 Å². The van der Waals surface area contributed by atoms with Crippen LogP contribution in [0.25, 0.3) is 0 Å². The van der Waals surface area contributed by atoms with E-state index < -0.39 is 0 Å². The highest BCUT2D eigenvalue weighted by molar-refractivity contribution is 8.00. The number of hydrogen-bond acceptors (Lipinski definition) is 6. The van der Waals surface area contributed by atoms with Gasteiger partial charge in [0, 0.05) is 6.54 Å². The Morgan fingerprint density at radius 2 is 1.96 bits per heavy atom. The minimum absolute atomic E-state index is 0.0244. The summed E-state index contributed by atoms with van der Waals surface area (Å²) in [7, 11) is 1.63. The molecule has 0 bridgehead atoms. The lowest BCUT2D eigenvalue weighted by Gasteiger charge is -2.11.